The number of aromatic nitrogens is 1. The van der Waals surface area contributed by atoms with Crippen LogP contribution in [0.4, 0.5) is 13.2 Å². The first-order valence-corrected chi connectivity index (χ1v) is 5.82. The van der Waals surface area contributed by atoms with Gasteiger partial charge in [-0.2, -0.15) is 0 Å². The summed E-state index contributed by atoms with van der Waals surface area (Å²) in [5.41, 5.74) is 1.04. The average Bonchev–Trinajstić information content (AvgIpc) is 2.78. The van der Waals surface area contributed by atoms with Gasteiger partial charge in [0.15, 0.2) is 6.29 Å². The van der Waals surface area contributed by atoms with Crippen LogP contribution in [0.5, 0.6) is 0 Å². The summed E-state index contributed by atoms with van der Waals surface area (Å²) in [6, 6.07) is 7.20. The number of carbonyl (C=O) groups excluding carboxylic acids is 1. The van der Waals surface area contributed by atoms with Crippen LogP contribution < -0.4 is 0 Å². The fourth-order valence-electron chi connectivity index (χ4n) is 2.21. The van der Waals surface area contributed by atoms with Crippen LogP contribution in [0.15, 0.2) is 36.4 Å². The maximum Gasteiger partial charge on any atom is 0.152 e. The van der Waals surface area contributed by atoms with E-state index in [9.17, 15) is 18.0 Å². The molecule has 0 bridgehead atoms. The molecule has 1 N–H and O–H groups in total. The largest absolute Gasteiger partial charge is 0.352 e. The minimum Gasteiger partial charge on any atom is -0.352 e. The zero-order chi connectivity index (χ0) is 14.3. The van der Waals surface area contributed by atoms with Gasteiger partial charge in [0.1, 0.15) is 17.5 Å². The fourth-order valence-corrected chi connectivity index (χ4v) is 2.21. The maximum absolute atomic E-state index is 13.7. The van der Waals surface area contributed by atoms with Crippen molar-refractivity contribution in [2.75, 3.05) is 0 Å². The zero-order valence-electron chi connectivity index (χ0n) is 10.1. The molecule has 0 radical (unpaired) electrons. The molecule has 0 atom stereocenters. The normalized spacial score (nSPS) is 10.9. The summed E-state index contributed by atoms with van der Waals surface area (Å²) in [6.07, 6.45) is 0.524. The topological polar surface area (TPSA) is 32.9 Å². The van der Waals surface area contributed by atoms with Crippen LogP contribution >= 0.6 is 0 Å². The van der Waals surface area contributed by atoms with Gasteiger partial charge in [0.2, 0.25) is 0 Å². The Morgan fingerprint density at radius 2 is 1.65 bits per heavy atom. The number of nitrogens with one attached hydrogen (secondary N) is 1. The first-order chi connectivity index (χ1) is 9.60. The smallest absolute Gasteiger partial charge is 0.152 e. The minimum absolute atomic E-state index is 0.0489. The second kappa shape index (κ2) is 4.52. The van der Waals surface area contributed by atoms with E-state index < -0.39 is 17.5 Å². The van der Waals surface area contributed by atoms with Crippen LogP contribution in [-0.2, 0) is 0 Å². The van der Waals surface area contributed by atoms with Crippen molar-refractivity contribution < 1.29 is 18.0 Å². The summed E-state index contributed by atoms with van der Waals surface area (Å²) in [6.45, 7) is 0. The van der Waals surface area contributed by atoms with Gasteiger partial charge in [0, 0.05) is 17.0 Å². The Morgan fingerprint density at radius 3 is 2.30 bits per heavy atom. The molecule has 0 spiro atoms. The lowest BCUT2D eigenvalue weighted by Crippen LogP contribution is -1.85. The predicted molar refractivity (Wildman–Crippen MR) is 69.0 cm³/mol. The highest BCUT2D eigenvalue weighted by atomic mass is 19.1. The van der Waals surface area contributed by atoms with Crippen LogP contribution in [-0.4, -0.2) is 11.3 Å². The molecule has 5 heteroatoms. The van der Waals surface area contributed by atoms with E-state index in [1.807, 2.05) is 0 Å². The number of fused-ring (bicyclic) bond motifs is 1. The van der Waals surface area contributed by atoms with Crippen LogP contribution in [0.3, 0.4) is 0 Å². The van der Waals surface area contributed by atoms with E-state index in [0.29, 0.717) is 17.5 Å². The molecule has 0 aliphatic rings. The summed E-state index contributed by atoms with van der Waals surface area (Å²) in [4.78, 5) is 14.0. The summed E-state index contributed by atoms with van der Waals surface area (Å²) < 4.78 is 39.9. The Labute approximate surface area is 111 Å². The van der Waals surface area contributed by atoms with Gasteiger partial charge in [-0.05, 0) is 35.9 Å². The molecule has 0 saturated carbocycles. The zero-order valence-corrected chi connectivity index (χ0v) is 10.1. The minimum atomic E-state index is -0.781. The third-order valence-electron chi connectivity index (χ3n) is 3.12. The predicted octanol–water partition coefficient (Wildman–Crippen LogP) is 4.06. The van der Waals surface area contributed by atoms with Gasteiger partial charge < -0.3 is 4.98 Å². The van der Waals surface area contributed by atoms with Crippen molar-refractivity contribution in [2.24, 2.45) is 0 Å². The van der Waals surface area contributed by atoms with Gasteiger partial charge in [-0.1, -0.05) is 0 Å². The molecule has 2 aromatic carbocycles. The Kier molecular flexibility index (Phi) is 2.82. The highest BCUT2D eigenvalue weighted by Crippen LogP contribution is 2.31. The van der Waals surface area contributed by atoms with Gasteiger partial charge in [-0.3, -0.25) is 4.79 Å². The number of rotatable bonds is 2. The van der Waals surface area contributed by atoms with E-state index >= 15 is 0 Å². The highest BCUT2D eigenvalue weighted by molar-refractivity contribution is 6.04. The molecule has 3 rings (SSSR count). The molecule has 1 aromatic heterocycles. The highest BCUT2D eigenvalue weighted by Gasteiger charge is 2.16. The van der Waals surface area contributed by atoms with Gasteiger partial charge in [0.05, 0.1) is 11.2 Å². The monoisotopic (exact) mass is 275 g/mol. The number of aromatic amines is 1. The van der Waals surface area contributed by atoms with Gasteiger partial charge in [-0.15, -0.1) is 0 Å². The maximum atomic E-state index is 13.7. The van der Waals surface area contributed by atoms with E-state index in [1.54, 1.807) is 0 Å². The molecule has 2 nitrogen and oxygen atoms in total. The number of aldehydes is 1. The Balaban J connectivity index is 2.33. The van der Waals surface area contributed by atoms with Crippen molar-refractivity contribution in [2.45, 2.75) is 0 Å². The second-order valence-electron chi connectivity index (χ2n) is 4.35. The molecular weight excluding hydrogens is 267 g/mol. The van der Waals surface area contributed by atoms with E-state index in [2.05, 4.69) is 4.98 Å². The molecule has 0 unspecified atom stereocenters. The average molecular weight is 275 g/mol. The third-order valence-corrected chi connectivity index (χ3v) is 3.12. The molecule has 0 aliphatic carbocycles. The SMILES string of the molecule is O=Cc1c(-c2ccc(F)cc2)[nH]c2c(F)cc(F)cc12. The molecule has 0 fully saturated rings. The van der Waals surface area contributed by atoms with E-state index in [-0.39, 0.29) is 16.5 Å². The second-order valence-corrected chi connectivity index (χ2v) is 4.35. The number of hydrogen-bond donors (Lipinski definition) is 1. The van der Waals surface area contributed by atoms with Crippen LogP contribution in [0.1, 0.15) is 10.4 Å². The van der Waals surface area contributed by atoms with Crippen LogP contribution in [0.25, 0.3) is 22.2 Å². The van der Waals surface area contributed by atoms with Crippen molar-refractivity contribution in [3.63, 3.8) is 0 Å². The van der Waals surface area contributed by atoms with E-state index in [1.165, 1.54) is 24.3 Å². The Bertz CT molecular complexity index is 806. The Morgan fingerprint density at radius 1 is 0.950 bits per heavy atom. The van der Waals surface area contributed by atoms with Crippen molar-refractivity contribution in [1.29, 1.82) is 0 Å². The lowest BCUT2D eigenvalue weighted by Gasteiger charge is -1.99. The Hall–Kier alpha value is -2.56. The summed E-state index contributed by atoms with van der Waals surface area (Å²) in [5, 5.41) is 0.164. The summed E-state index contributed by atoms with van der Waals surface area (Å²) in [5.74, 6) is -1.96. The van der Waals surface area contributed by atoms with Gasteiger partial charge >= 0.3 is 0 Å². The molecule has 3 aromatic rings. The lowest BCUT2D eigenvalue weighted by molar-refractivity contribution is 0.112. The van der Waals surface area contributed by atoms with E-state index in [0.717, 1.165) is 12.1 Å². The summed E-state index contributed by atoms with van der Waals surface area (Å²) in [7, 11) is 0. The molecule has 1 heterocycles. The number of hydrogen-bond acceptors (Lipinski definition) is 1. The van der Waals surface area contributed by atoms with Crippen molar-refractivity contribution in [1.82, 2.24) is 4.98 Å². The van der Waals surface area contributed by atoms with Crippen LogP contribution in [0.2, 0.25) is 0 Å². The molecule has 0 aliphatic heterocycles. The first kappa shape index (κ1) is 12.5. The number of H-pyrrole nitrogens is 1. The standard InChI is InChI=1S/C15H8F3NO/c16-9-3-1-8(2-4-9)14-12(7-20)11-5-10(17)6-13(18)15(11)19-14/h1-7,19H. The van der Waals surface area contributed by atoms with Gasteiger partial charge in [0.25, 0.3) is 0 Å². The van der Waals surface area contributed by atoms with Crippen molar-refractivity contribution in [3.8, 4) is 11.3 Å². The molecule has 20 heavy (non-hydrogen) atoms. The lowest BCUT2D eigenvalue weighted by atomic mass is 10.1. The molecule has 0 saturated heterocycles. The van der Waals surface area contributed by atoms with E-state index in [4.69, 9.17) is 0 Å². The first-order valence-electron chi connectivity index (χ1n) is 5.82. The van der Waals surface area contributed by atoms with Crippen molar-refractivity contribution in [3.05, 3.63) is 59.4 Å². The quantitative estimate of drug-likeness (QED) is 0.703. The molecular formula is C15H8F3NO. The molecule has 100 valence electrons. The van der Waals surface area contributed by atoms with Crippen LogP contribution in [0, 0.1) is 17.5 Å². The fraction of sp³-hybridized carbons (Fsp3) is 0. The third kappa shape index (κ3) is 1.87. The van der Waals surface area contributed by atoms with Gasteiger partial charge in [-0.25, -0.2) is 13.2 Å². The number of benzene rings is 2. The molecule has 0 amide bonds. The summed E-state index contributed by atoms with van der Waals surface area (Å²) >= 11 is 0. The number of carbonyl (C=O) groups is 1. The number of halogens is 3. The van der Waals surface area contributed by atoms with Crippen molar-refractivity contribution >= 4 is 17.2 Å².